The Balaban J connectivity index is 1.41. The average Bonchev–Trinajstić information content (AvgIpc) is 3.21. The van der Waals surface area contributed by atoms with Crippen molar-refractivity contribution in [3.8, 4) is 11.1 Å². The van der Waals surface area contributed by atoms with E-state index < -0.39 is 0 Å². The molecule has 31 heavy (non-hydrogen) atoms. The Morgan fingerprint density at radius 1 is 0.935 bits per heavy atom. The molecule has 0 unspecified atom stereocenters. The number of fused-ring (bicyclic) bond motifs is 1. The number of nitrogen functional groups attached to an aromatic ring is 1. The van der Waals surface area contributed by atoms with Crippen LogP contribution in [0.15, 0.2) is 36.8 Å². The van der Waals surface area contributed by atoms with Crippen molar-refractivity contribution in [3.63, 3.8) is 0 Å². The van der Waals surface area contributed by atoms with Gasteiger partial charge in [0, 0.05) is 56.6 Å². The highest BCUT2D eigenvalue weighted by atomic mass is 15.3. The molecule has 1 aliphatic heterocycles. The molecular weight excluding hydrogens is 386 g/mol. The second kappa shape index (κ2) is 8.57. The van der Waals surface area contributed by atoms with Gasteiger partial charge in [0.25, 0.3) is 0 Å². The molecule has 0 spiro atoms. The molecule has 1 saturated carbocycles. The van der Waals surface area contributed by atoms with Gasteiger partial charge in [-0.2, -0.15) is 0 Å². The van der Waals surface area contributed by atoms with Gasteiger partial charge in [-0.05, 0) is 43.9 Å². The lowest BCUT2D eigenvalue weighted by Gasteiger charge is -2.41. The summed E-state index contributed by atoms with van der Waals surface area (Å²) >= 11 is 0. The smallest absolute Gasteiger partial charge is 0.146 e. The van der Waals surface area contributed by atoms with Crippen molar-refractivity contribution in [1.82, 2.24) is 24.3 Å². The topological polar surface area (TPSA) is 89.2 Å². The monoisotopic (exact) mass is 419 g/mol. The van der Waals surface area contributed by atoms with E-state index >= 15 is 0 Å². The molecule has 3 heterocycles. The summed E-state index contributed by atoms with van der Waals surface area (Å²) in [4.78, 5) is 14.1. The quantitative estimate of drug-likeness (QED) is 0.676. The molecule has 1 aliphatic carbocycles. The van der Waals surface area contributed by atoms with E-state index in [0.29, 0.717) is 18.4 Å². The van der Waals surface area contributed by atoms with Gasteiger partial charge >= 0.3 is 0 Å². The van der Waals surface area contributed by atoms with E-state index in [1.54, 1.807) is 6.33 Å². The number of anilines is 1. The normalized spacial score (nSPS) is 23.4. The van der Waals surface area contributed by atoms with Crippen molar-refractivity contribution in [2.75, 3.05) is 39.0 Å². The van der Waals surface area contributed by atoms with Crippen molar-refractivity contribution in [3.05, 3.63) is 42.4 Å². The van der Waals surface area contributed by atoms with Gasteiger partial charge in [0.2, 0.25) is 0 Å². The van der Waals surface area contributed by atoms with Crippen LogP contribution in [0.3, 0.4) is 0 Å². The van der Waals surface area contributed by atoms with Crippen molar-refractivity contribution in [2.24, 2.45) is 5.73 Å². The third kappa shape index (κ3) is 3.93. The Kier molecular flexibility index (Phi) is 5.65. The highest BCUT2D eigenvalue weighted by Gasteiger charge is 2.29. The Hall–Kier alpha value is -2.48. The molecule has 7 heteroatoms. The average molecular weight is 420 g/mol. The molecule has 0 atom stereocenters. The minimum Gasteiger partial charge on any atom is -0.383 e. The third-order valence-corrected chi connectivity index (χ3v) is 7.25. The van der Waals surface area contributed by atoms with Gasteiger partial charge in [0.05, 0.1) is 5.39 Å². The first-order valence-electron chi connectivity index (χ1n) is 11.5. The zero-order valence-corrected chi connectivity index (χ0v) is 18.4. The Morgan fingerprint density at radius 2 is 1.61 bits per heavy atom. The fraction of sp³-hybridized carbons (Fsp3) is 0.500. The fourth-order valence-electron chi connectivity index (χ4n) is 5.31. The first kappa shape index (κ1) is 20.4. The number of rotatable bonds is 4. The van der Waals surface area contributed by atoms with Crippen LogP contribution in [-0.2, 0) is 6.54 Å². The molecule has 3 aromatic rings. The van der Waals surface area contributed by atoms with Gasteiger partial charge < -0.3 is 20.9 Å². The van der Waals surface area contributed by atoms with E-state index in [2.05, 4.69) is 61.8 Å². The summed E-state index contributed by atoms with van der Waals surface area (Å²) < 4.78 is 2.36. The molecule has 5 rings (SSSR count). The van der Waals surface area contributed by atoms with E-state index in [0.717, 1.165) is 33.8 Å². The van der Waals surface area contributed by atoms with E-state index in [4.69, 9.17) is 11.5 Å². The molecule has 0 amide bonds. The first-order valence-corrected chi connectivity index (χ1v) is 11.5. The maximum Gasteiger partial charge on any atom is 0.146 e. The molecule has 0 radical (unpaired) electrons. The molecule has 0 bridgehead atoms. The van der Waals surface area contributed by atoms with Crippen molar-refractivity contribution >= 4 is 16.9 Å². The number of hydrogen-bond acceptors (Lipinski definition) is 6. The maximum absolute atomic E-state index is 6.33. The second-order valence-corrected chi connectivity index (χ2v) is 9.11. The van der Waals surface area contributed by atoms with Gasteiger partial charge in [-0.1, -0.05) is 24.3 Å². The number of likely N-dealkylation sites (N-methyl/N-ethyl adjacent to an activating group) is 1. The number of hydrogen-bond donors (Lipinski definition) is 2. The zero-order chi connectivity index (χ0) is 21.4. The van der Waals surface area contributed by atoms with Crippen LogP contribution in [0.5, 0.6) is 0 Å². The van der Waals surface area contributed by atoms with Gasteiger partial charge in [-0.15, -0.1) is 0 Å². The van der Waals surface area contributed by atoms with Crippen LogP contribution in [0, 0.1) is 0 Å². The first-order chi connectivity index (χ1) is 15.1. The molecule has 1 aromatic carbocycles. The minimum atomic E-state index is 0.456. The predicted molar refractivity (Wildman–Crippen MR) is 126 cm³/mol. The third-order valence-electron chi connectivity index (χ3n) is 7.25. The molecule has 4 N–H and O–H groups in total. The summed E-state index contributed by atoms with van der Waals surface area (Å²) in [5, 5.41) is 0.962. The molecular formula is C24H33N7. The number of aromatic nitrogens is 3. The van der Waals surface area contributed by atoms with Crippen LogP contribution in [0.4, 0.5) is 5.82 Å². The molecule has 2 aromatic heterocycles. The van der Waals surface area contributed by atoms with Crippen LogP contribution in [0.25, 0.3) is 22.2 Å². The molecule has 7 nitrogen and oxygen atoms in total. The van der Waals surface area contributed by atoms with E-state index in [-0.39, 0.29) is 0 Å². The predicted octanol–water partition coefficient (Wildman–Crippen LogP) is 2.87. The molecule has 1 saturated heterocycles. The molecule has 164 valence electrons. The molecule has 2 fully saturated rings. The SMILES string of the molecule is CN1CCN([C@H]2CC[C@H](n3cc(-c4ccc(CN)cc4)c4c(N)ncnc43)CC2)CC1. The lowest BCUT2D eigenvalue weighted by molar-refractivity contribution is 0.0828. The standard InChI is InChI=1S/C24H33N7/c1-29-10-12-30(13-11-29)19-6-8-20(9-7-19)31-15-21(18-4-2-17(14-25)3-5-18)22-23(26)27-16-28-24(22)31/h2-5,15-16,19-20H,6-14,25H2,1H3,(H2,26,27,28)/t19-,20-. The maximum atomic E-state index is 6.33. The van der Waals surface area contributed by atoms with Crippen LogP contribution in [0.1, 0.15) is 37.3 Å². The van der Waals surface area contributed by atoms with E-state index in [9.17, 15) is 0 Å². The summed E-state index contributed by atoms with van der Waals surface area (Å²) in [5.74, 6) is 0.549. The number of benzene rings is 1. The number of nitrogens with two attached hydrogens (primary N) is 2. The van der Waals surface area contributed by atoms with Gasteiger partial charge in [0.1, 0.15) is 17.8 Å². The minimum absolute atomic E-state index is 0.456. The van der Waals surface area contributed by atoms with E-state index in [1.807, 2.05) is 0 Å². The largest absolute Gasteiger partial charge is 0.383 e. The van der Waals surface area contributed by atoms with Crippen molar-refractivity contribution < 1.29 is 0 Å². The van der Waals surface area contributed by atoms with Crippen LogP contribution >= 0.6 is 0 Å². The second-order valence-electron chi connectivity index (χ2n) is 9.11. The highest BCUT2D eigenvalue weighted by molar-refractivity contribution is 6.00. The Morgan fingerprint density at radius 3 is 2.29 bits per heavy atom. The summed E-state index contributed by atoms with van der Waals surface area (Å²) in [6, 6.07) is 9.59. The van der Waals surface area contributed by atoms with Crippen LogP contribution < -0.4 is 11.5 Å². The zero-order valence-electron chi connectivity index (χ0n) is 18.4. The lowest BCUT2D eigenvalue weighted by atomic mass is 9.89. The molecule has 2 aliphatic rings. The summed E-state index contributed by atoms with van der Waals surface area (Å²) in [6.07, 6.45) is 8.68. The summed E-state index contributed by atoms with van der Waals surface area (Å²) in [7, 11) is 2.22. The highest BCUT2D eigenvalue weighted by Crippen LogP contribution is 2.39. The van der Waals surface area contributed by atoms with Gasteiger partial charge in [-0.3, -0.25) is 4.90 Å². The summed E-state index contributed by atoms with van der Waals surface area (Å²) in [5.41, 5.74) is 16.4. The fourth-order valence-corrected chi connectivity index (χ4v) is 5.31. The van der Waals surface area contributed by atoms with Crippen LogP contribution in [0.2, 0.25) is 0 Å². The number of piperazine rings is 1. The van der Waals surface area contributed by atoms with Crippen LogP contribution in [-0.4, -0.2) is 63.6 Å². The van der Waals surface area contributed by atoms with Gasteiger partial charge in [0.15, 0.2) is 0 Å². The Bertz CT molecular complexity index is 1030. The Labute approximate surface area is 184 Å². The lowest BCUT2D eigenvalue weighted by Crippen LogP contribution is -2.49. The van der Waals surface area contributed by atoms with Gasteiger partial charge in [-0.25, -0.2) is 9.97 Å². The van der Waals surface area contributed by atoms with Crippen molar-refractivity contribution in [2.45, 2.75) is 44.3 Å². The van der Waals surface area contributed by atoms with E-state index in [1.165, 1.54) is 51.9 Å². The summed E-state index contributed by atoms with van der Waals surface area (Å²) in [6.45, 7) is 5.31. The number of nitrogens with zero attached hydrogens (tertiary/aromatic N) is 5. The van der Waals surface area contributed by atoms with Crippen molar-refractivity contribution in [1.29, 1.82) is 0 Å².